The quantitative estimate of drug-likeness (QED) is 0.271. The Morgan fingerprint density at radius 2 is 1.62 bits per heavy atom. The summed E-state index contributed by atoms with van der Waals surface area (Å²) in [4.78, 5) is 24.6. The first-order valence-electron chi connectivity index (χ1n) is 15.2. The van der Waals surface area contributed by atoms with Crippen molar-refractivity contribution in [2.75, 3.05) is 46.0 Å². The van der Waals surface area contributed by atoms with Crippen LogP contribution in [0, 0.1) is 12.7 Å². The predicted molar refractivity (Wildman–Crippen MR) is 167 cm³/mol. The van der Waals surface area contributed by atoms with Gasteiger partial charge in [-0.15, -0.1) is 11.3 Å². The van der Waals surface area contributed by atoms with E-state index >= 15 is 4.39 Å². The van der Waals surface area contributed by atoms with Crippen molar-refractivity contribution < 1.29 is 52.7 Å². The molecule has 0 amide bonds. The van der Waals surface area contributed by atoms with Gasteiger partial charge in [-0.3, -0.25) is 9.80 Å². The van der Waals surface area contributed by atoms with Gasteiger partial charge < -0.3 is 29.9 Å². The minimum absolute atomic E-state index is 0.0158. The van der Waals surface area contributed by atoms with Crippen molar-refractivity contribution in [2.24, 2.45) is 0 Å². The number of aryl methyl sites for hydroxylation is 1. The smallest absolute Gasteiger partial charge is 0.335 e. The lowest BCUT2D eigenvalue weighted by Gasteiger charge is -2.45. The van der Waals surface area contributed by atoms with Crippen molar-refractivity contribution in [3.05, 3.63) is 67.9 Å². The van der Waals surface area contributed by atoms with E-state index in [9.17, 15) is 18.4 Å². The highest BCUT2D eigenvalue weighted by Gasteiger charge is 2.51. The summed E-state index contributed by atoms with van der Waals surface area (Å²) < 4.78 is 57.3. The summed E-state index contributed by atoms with van der Waals surface area (Å²) in [5.74, 6) is -6.85. The molecule has 1 aromatic carbocycles. The predicted octanol–water partition coefficient (Wildman–Crippen LogP) is 3.36. The van der Waals surface area contributed by atoms with Gasteiger partial charge in [0, 0.05) is 61.5 Å². The molecule has 0 bridgehead atoms. The zero-order chi connectivity index (χ0) is 34.8. The van der Waals surface area contributed by atoms with Crippen molar-refractivity contribution in [3.8, 4) is 5.69 Å². The van der Waals surface area contributed by atoms with Gasteiger partial charge in [0.05, 0.1) is 23.2 Å². The minimum atomic E-state index is -3.01. The van der Waals surface area contributed by atoms with Crippen LogP contribution in [-0.2, 0) is 43.7 Å². The molecule has 6 rings (SSSR count). The third kappa shape index (κ3) is 7.86. The summed E-state index contributed by atoms with van der Waals surface area (Å²) in [6.07, 6.45) is -1.40. The molecule has 2 saturated heterocycles. The van der Waals surface area contributed by atoms with Gasteiger partial charge in [0.2, 0.25) is 0 Å². The maximum Gasteiger partial charge on any atom is 0.335 e. The average molecular weight is 717 g/mol. The molecule has 3 aromatic rings. The van der Waals surface area contributed by atoms with E-state index in [1.165, 1.54) is 23.5 Å². The number of para-hydroxylation sites is 1. The summed E-state index contributed by atoms with van der Waals surface area (Å²) in [7, 11) is 0. The molecule has 0 unspecified atom stereocenters. The van der Waals surface area contributed by atoms with Crippen LogP contribution in [0.5, 0.6) is 0 Å². The fraction of sp³-hybridized carbons (Fsp3) is 0.516. The number of aliphatic hydroxyl groups is 2. The molecule has 5 heterocycles. The number of aliphatic hydroxyl groups excluding tert-OH is 2. The Hall–Kier alpha value is -3.09. The average Bonchev–Trinajstić information content (AvgIpc) is 3.63. The van der Waals surface area contributed by atoms with Gasteiger partial charge in [-0.2, -0.15) is 13.9 Å². The van der Waals surface area contributed by atoms with Crippen LogP contribution in [0.15, 0.2) is 30.5 Å². The monoisotopic (exact) mass is 716 g/mol. The second-order valence-corrected chi connectivity index (χ2v) is 13.6. The van der Waals surface area contributed by atoms with E-state index in [0.29, 0.717) is 67.1 Å². The summed E-state index contributed by atoms with van der Waals surface area (Å²) in [6.45, 7) is 6.96. The fourth-order valence-electron chi connectivity index (χ4n) is 6.01. The maximum absolute atomic E-state index is 15.1. The number of hydrogen-bond acceptors (Lipinski definition) is 10. The number of nitrogens with zero attached hydrogens (tertiary/aromatic N) is 4. The lowest BCUT2D eigenvalue weighted by molar-refractivity contribution is -0.182. The normalized spacial score (nSPS) is 20.4. The molecule has 17 heteroatoms. The van der Waals surface area contributed by atoms with Crippen molar-refractivity contribution >= 4 is 34.9 Å². The Labute approximate surface area is 282 Å². The highest BCUT2D eigenvalue weighted by molar-refractivity contribution is 7.16. The van der Waals surface area contributed by atoms with E-state index in [-0.39, 0.29) is 11.4 Å². The number of carbonyl (C=O) groups is 2. The van der Waals surface area contributed by atoms with Gasteiger partial charge in [0.25, 0.3) is 5.92 Å². The van der Waals surface area contributed by atoms with Gasteiger partial charge in [0.15, 0.2) is 12.2 Å². The van der Waals surface area contributed by atoms with Crippen LogP contribution in [0.25, 0.3) is 5.69 Å². The number of aliphatic carboxylic acids is 2. The number of rotatable bonds is 8. The number of morpholine rings is 1. The number of aromatic nitrogens is 2. The summed E-state index contributed by atoms with van der Waals surface area (Å²) in [5, 5.41) is 37.2. The number of halogens is 4. The minimum Gasteiger partial charge on any atom is -0.479 e. The van der Waals surface area contributed by atoms with Crippen molar-refractivity contribution in [1.82, 2.24) is 19.6 Å². The van der Waals surface area contributed by atoms with Gasteiger partial charge in [-0.1, -0.05) is 23.7 Å². The molecule has 3 aliphatic rings. The second kappa shape index (κ2) is 14.8. The number of fused-ring (bicyclic) bond motifs is 2. The first-order valence-corrected chi connectivity index (χ1v) is 16.4. The van der Waals surface area contributed by atoms with E-state index in [4.69, 9.17) is 41.5 Å². The number of carboxylic acid groups (broad SMARTS) is 2. The Balaban J connectivity index is 0.000000393. The largest absolute Gasteiger partial charge is 0.479 e. The molecule has 1 spiro atoms. The zero-order valence-electron chi connectivity index (χ0n) is 26.0. The lowest BCUT2D eigenvalue weighted by Crippen LogP contribution is -2.48. The highest BCUT2D eigenvalue weighted by atomic mass is 35.5. The first-order chi connectivity index (χ1) is 22.7. The molecule has 0 aliphatic carbocycles. The molecule has 3 aliphatic heterocycles. The van der Waals surface area contributed by atoms with Crippen molar-refractivity contribution in [3.63, 3.8) is 0 Å². The summed E-state index contributed by atoms with van der Waals surface area (Å²) in [5.41, 5.74) is 2.51. The number of benzene rings is 1. The van der Waals surface area contributed by atoms with Crippen LogP contribution in [0.2, 0.25) is 4.34 Å². The van der Waals surface area contributed by atoms with Crippen molar-refractivity contribution in [1.29, 1.82) is 0 Å². The molecule has 2 aromatic heterocycles. The Morgan fingerprint density at radius 1 is 1.02 bits per heavy atom. The number of hydrogen-bond donors (Lipinski definition) is 4. The SMILES string of the molecule is Cc1nn(-c2c(F)cccc2CN2CCOCC2)cc1CN1CCC2(CC1)OCC(F)(F)c1cc(Cl)sc12.O=C(O)[C@H](O)[C@@H](O)C(=O)O. The number of piperidine rings is 1. The Kier molecular flexibility index (Phi) is 11.2. The molecule has 2 atom stereocenters. The first kappa shape index (κ1) is 36.2. The molecule has 0 saturated carbocycles. The number of ether oxygens (including phenoxy) is 2. The fourth-order valence-corrected chi connectivity index (χ4v) is 7.49. The molecule has 12 nitrogen and oxygen atoms in total. The van der Waals surface area contributed by atoms with Crippen LogP contribution in [-0.4, -0.2) is 110 Å². The van der Waals surface area contributed by atoms with Crippen LogP contribution in [0.4, 0.5) is 13.2 Å². The Bertz CT molecular complexity index is 1610. The van der Waals surface area contributed by atoms with Gasteiger partial charge in [-0.25, -0.2) is 18.7 Å². The van der Waals surface area contributed by atoms with Crippen LogP contribution >= 0.6 is 22.9 Å². The standard InChI is InChI=1S/C27H30ClF3N4O2S.C4H6O6/c1-18-20(16-35(32-18)24-19(3-2-4-22(24)29)14-34-9-11-36-12-10-34)15-33-7-5-26(6-8-33)25-21(13-23(28)38-25)27(30,31)17-37-26;5-1(3(7)8)2(6)4(9)10/h2-4,13,16H,5-12,14-15,17H2,1H3;1-2,5-6H,(H,7,8)(H,9,10)/t;1-,2-/m.1/s1. The number of carboxylic acids is 2. The van der Waals surface area contributed by atoms with Gasteiger partial charge >= 0.3 is 11.9 Å². The number of thiophene rings is 1. The van der Waals surface area contributed by atoms with Crippen LogP contribution in [0.3, 0.4) is 0 Å². The third-order valence-electron chi connectivity index (χ3n) is 8.70. The lowest BCUT2D eigenvalue weighted by atomic mass is 9.84. The van der Waals surface area contributed by atoms with E-state index in [2.05, 4.69) is 14.9 Å². The molecular weight excluding hydrogens is 681 g/mol. The van der Waals surface area contributed by atoms with Crippen LogP contribution < -0.4 is 0 Å². The van der Waals surface area contributed by atoms with Crippen molar-refractivity contribution in [2.45, 2.75) is 56.6 Å². The van der Waals surface area contributed by atoms with E-state index in [0.717, 1.165) is 29.9 Å². The highest BCUT2D eigenvalue weighted by Crippen LogP contribution is 2.52. The maximum atomic E-state index is 15.1. The zero-order valence-corrected chi connectivity index (χ0v) is 27.5. The summed E-state index contributed by atoms with van der Waals surface area (Å²) >= 11 is 7.34. The molecule has 4 N–H and O–H groups in total. The van der Waals surface area contributed by atoms with Gasteiger partial charge in [-0.05, 0) is 37.5 Å². The second-order valence-electron chi connectivity index (χ2n) is 11.9. The van der Waals surface area contributed by atoms with E-state index in [1.54, 1.807) is 10.7 Å². The van der Waals surface area contributed by atoms with E-state index < -0.39 is 42.3 Å². The molecule has 48 heavy (non-hydrogen) atoms. The van der Waals surface area contributed by atoms with E-state index in [1.807, 2.05) is 19.2 Å². The van der Waals surface area contributed by atoms with Gasteiger partial charge in [0.1, 0.15) is 23.7 Å². The topological polar surface area (TPSA) is 158 Å². The molecule has 0 radical (unpaired) electrons. The number of likely N-dealkylation sites (tertiary alicyclic amines) is 1. The molecule has 262 valence electrons. The van der Waals surface area contributed by atoms with Crippen LogP contribution in [0.1, 0.15) is 40.1 Å². The molecule has 2 fully saturated rings. The summed E-state index contributed by atoms with van der Waals surface area (Å²) in [6, 6.07) is 6.56. The third-order valence-corrected chi connectivity index (χ3v) is 10.1. The Morgan fingerprint density at radius 3 is 2.25 bits per heavy atom. The molecular formula is C31H36ClF3N4O8S. The number of alkyl halides is 2.